The molecule has 0 fully saturated rings. The van der Waals surface area contributed by atoms with Gasteiger partial charge in [0, 0.05) is 36.8 Å². The maximum absolute atomic E-state index is 14.7. The number of ether oxygens (including phenoxy) is 1. The molecule has 1 unspecified atom stereocenters. The lowest BCUT2D eigenvalue weighted by Gasteiger charge is -2.24. The van der Waals surface area contributed by atoms with Crippen LogP contribution in [0.2, 0.25) is 0 Å². The number of carbonyl (C=O) groups excluding carboxylic acids is 1. The summed E-state index contributed by atoms with van der Waals surface area (Å²) < 4.78 is 35.2. The highest BCUT2D eigenvalue weighted by Gasteiger charge is 2.22. The zero-order valence-corrected chi connectivity index (χ0v) is 22.0. The number of carbonyl (C=O) groups is 1. The van der Waals surface area contributed by atoms with Crippen LogP contribution in [-0.4, -0.2) is 47.5 Å². The van der Waals surface area contributed by atoms with Crippen molar-refractivity contribution in [3.05, 3.63) is 71.9 Å². The molecular weight excluding hydrogens is 481 g/mol. The second-order valence-electron chi connectivity index (χ2n) is 9.84. The fraction of sp³-hybridized carbons (Fsp3) is 0.333. The molecule has 1 amide bonds. The van der Waals surface area contributed by atoms with Gasteiger partial charge in [0.1, 0.15) is 17.0 Å². The lowest BCUT2D eigenvalue weighted by Crippen LogP contribution is -2.33. The number of amides is 1. The summed E-state index contributed by atoms with van der Waals surface area (Å²) in [5.41, 5.74) is -0.0744. The van der Waals surface area contributed by atoms with Crippen LogP contribution < -0.4 is 0 Å². The molecule has 2 heterocycles. The predicted octanol–water partition coefficient (Wildman–Crippen LogP) is 4.75. The van der Waals surface area contributed by atoms with E-state index in [2.05, 4.69) is 16.8 Å². The van der Waals surface area contributed by atoms with Crippen LogP contribution in [0, 0.1) is 17.7 Å². The molecule has 36 heavy (non-hydrogen) atoms. The van der Waals surface area contributed by atoms with Gasteiger partial charge in [-0.25, -0.2) is 13.4 Å². The van der Waals surface area contributed by atoms with Crippen molar-refractivity contribution in [2.45, 2.75) is 57.3 Å². The average molecular weight is 512 g/mol. The lowest BCUT2D eigenvalue weighted by molar-refractivity contribution is 0.0285. The molecule has 1 aromatic carbocycles. The predicted molar refractivity (Wildman–Crippen MR) is 137 cm³/mol. The molecular formula is C27H30FN3O4S. The van der Waals surface area contributed by atoms with E-state index in [9.17, 15) is 18.5 Å². The van der Waals surface area contributed by atoms with E-state index in [4.69, 9.17) is 4.74 Å². The van der Waals surface area contributed by atoms with Crippen molar-refractivity contribution >= 4 is 17.1 Å². The van der Waals surface area contributed by atoms with Gasteiger partial charge in [-0.2, -0.15) is 0 Å². The summed E-state index contributed by atoms with van der Waals surface area (Å²) in [4.78, 5) is 18.3. The standard InChI is InChI=1S/C27H30FN3O4S/c1-26(2,3)35-25(32)30(6)17-20-14-24(22-9-7-8-10-23(22)28)31(18-20)36(34)21-13-19(15-29-16-21)11-12-27(4,5)33/h7-10,13-16,18,33H,17H2,1-6H3. The average Bonchev–Trinajstić information content (AvgIpc) is 3.19. The summed E-state index contributed by atoms with van der Waals surface area (Å²) in [7, 11) is -0.203. The maximum atomic E-state index is 14.7. The normalized spacial score (nSPS) is 12.4. The van der Waals surface area contributed by atoms with Crippen molar-refractivity contribution in [1.29, 1.82) is 0 Å². The molecule has 0 aliphatic rings. The number of rotatable bonds is 5. The number of halogens is 1. The Balaban J connectivity index is 2.01. The van der Waals surface area contributed by atoms with Gasteiger partial charge in [0.2, 0.25) is 0 Å². The third-order valence-corrected chi connectivity index (χ3v) is 6.01. The van der Waals surface area contributed by atoms with Gasteiger partial charge >= 0.3 is 6.09 Å². The summed E-state index contributed by atoms with van der Waals surface area (Å²) >= 11 is 0. The molecule has 1 atom stereocenters. The Hall–Kier alpha value is -3.48. The molecule has 0 aliphatic carbocycles. The number of aromatic nitrogens is 2. The van der Waals surface area contributed by atoms with Crippen molar-refractivity contribution < 1.29 is 23.2 Å². The first kappa shape index (κ1) is 27.1. The van der Waals surface area contributed by atoms with Gasteiger partial charge in [-0.3, -0.25) is 8.96 Å². The summed E-state index contributed by atoms with van der Waals surface area (Å²) in [6.07, 6.45) is 4.07. The molecule has 3 aromatic rings. The molecule has 9 heteroatoms. The molecule has 1 N–H and O–H groups in total. The molecule has 2 aromatic heterocycles. The zero-order chi connectivity index (χ0) is 26.7. The van der Waals surface area contributed by atoms with Gasteiger partial charge in [0.05, 0.1) is 17.1 Å². The SMILES string of the molecule is CN(Cc1cc(-c2ccccc2F)n(S(=O)c2cncc(C#CC(C)(C)O)c2)c1)C(=O)OC(C)(C)C. The summed E-state index contributed by atoms with van der Waals surface area (Å²) in [6, 6.07) is 9.51. The van der Waals surface area contributed by atoms with E-state index in [1.54, 1.807) is 78.2 Å². The molecule has 0 aliphatic heterocycles. The summed E-state index contributed by atoms with van der Waals surface area (Å²) in [5.74, 6) is 5.06. The second-order valence-corrected chi connectivity index (χ2v) is 11.2. The molecule has 0 saturated heterocycles. The van der Waals surface area contributed by atoms with Crippen LogP contribution in [0.5, 0.6) is 0 Å². The van der Waals surface area contributed by atoms with Gasteiger partial charge in [0.15, 0.2) is 11.0 Å². The molecule has 0 radical (unpaired) electrons. The van der Waals surface area contributed by atoms with E-state index in [0.717, 1.165) is 0 Å². The fourth-order valence-electron chi connectivity index (χ4n) is 3.19. The van der Waals surface area contributed by atoms with E-state index >= 15 is 0 Å². The van der Waals surface area contributed by atoms with Crippen LogP contribution in [0.3, 0.4) is 0 Å². The number of aliphatic hydroxyl groups is 1. The van der Waals surface area contributed by atoms with Gasteiger partial charge in [0.25, 0.3) is 0 Å². The monoisotopic (exact) mass is 511 g/mol. The summed E-state index contributed by atoms with van der Waals surface area (Å²) in [6.45, 7) is 8.63. The Morgan fingerprint density at radius 3 is 2.53 bits per heavy atom. The third-order valence-electron chi connectivity index (χ3n) is 4.72. The number of hydrogen-bond donors (Lipinski definition) is 1. The highest BCUT2D eigenvalue weighted by Crippen LogP contribution is 2.28. The largest absolute Gasteiger partial charge is 0.444 e. The molecule has 3 rings (SSSR count). The number of nitrogens with zero attached hydrogens (tertiary/aromatic N) is 3. The Bertz CT molecular complexity index is 1340. The van der Waals surface area contributed by atoms with Gasteiger partial charge in [-0.1, -0.05) is 24.0 Å². The zero-order valence-electron chi connectivity index (χ0n) is 21.2. The first-order chi connectivity index (χ1) is 16.7. The number of benzene rings is 1. The Morgan fingerprint density at radius 1 is 1.19 bits per heavy atom. The molecule has 0 saturated carbocycles. The highest BCUT2D eigenvalue weighted by atomic mass is 32.2. The molecule has 0 bridgehead atoms. The van der Waals surface area contributed by atoms with Gasteiger partial charge < -0.3 is 14.7 Å². The van der Waals surface area contributed by atoms with Crippen molar-refractivity contribution in [2.24, 2.45) is 0 Å². The Labute approximate surface area is 213 Å². The van der Waals surface area contributed by atoms with Crippen LogP contribution in [0.15, 0.2) is 59.9 Å². The van der Waals surface area contributed by atoms with Crippen LogP contribution in [0.25, 0.3) is 11.3 Å². The maximum Gasteiger partial charge on any atom is 0.410 e. The first-order valence-electron chi connectivity index (χ1n) is 11.3. The number of hydrogen-bond acceptors (Lipinski definition) is 5. The van der Waals surface area contributed by atoms with Crippen molar-refractivity contribution in [1.82, 2.24) is 13.9 Å². The van der Waals surface area contributed by atoms with E-state index < -0.39 is 34.1 Å². The first-order valence-corrected chi connectivity index (χ1v) is 12.4. The van der Waals surface area contributed by atoms with E-state index in [-0.39, 0.29) is 12.1 Å². The lowest BCUT2D eigenvalue weighted by atomic mass is 10.1. The van der Waals surface area contributed by atoms with Gasteiger partial charge in [-0.05, 0) is 64.4 Å². The topological polar surface area (TPSA) is 84.7 Å². The van der Waals surface area contributed by atoms with Crippen molar-refractivity contribution in [3.63, 3.8) is 0 Å². The molecule has 190 valence electrons. The minimum atomic E-state index is -1.80. The van der Waals surface area contributed by atoms with Crippen LogP contribution in [-0.2, 0) is 22.3 Å². The highest BCUT2D eigenvalue weighted by molar-refractivity contribution is 7.83. The van der Waals surface area contributed by atoms with Gasteiger partial charge in [-0.15, -0.1) is 0 Å². The van der Waals surface area contributed by atoms with E-state index in [1.165, 1.54) is 27.3 Å². The smallest absolute Gasteiger partial charge is 0.410 e. The second kappa shape index (κ2) is 10.6. The minimum Gasteiger partial charge on any atom is -0.444 e. The van der Waals surface area contributed by atoms with Crippen LogP contribution >= 0.6 is 0 Å². The molecule has 0 spiro atoms. The van der Waals surface area contributed by atoms with Crippen LogP contribution in [0.1, 0.15) is 45.7 Å². The minimum absolute atomic E-state index is 0.163. The van der Waals surface area contributed by atoms with Crippen molar-refractivity contribution in [3.8, 4) is 23.1 Å². The summed E-state index contributed by atoms with van der Waals surface area (Å²) in [5, 5.41) is 9.87. The van der Waals surface area contributed by atoms with E-state index in [0.29, 0.717) is 21.7 Å². The Kier molecular flexibility index (Phi) is 8.02. The molecule has 7 nitrogen and oxygen atoms in total. The Morgan fingerprint density at radius 2 is 1.89 bits per heavy atom. The number of pyridine rings is 1. The van der Waals surface area contributed by atoms with Crippen molar-refractivity contribution in [2.75, 3.05) is 7.05 Å². The van der Waals surface area contributed by atoms with Crippen LogP contribution in [0.4, 0.5) is 9.18 Å². The quantitative estimate of drug-likeness (QED) is 0.500. The van der Waals surface area contributed by atoms with E-state index in [1.807, 2.05) is 0 Å². The third kappa shape index (κ3) is 7.26. The fourth-order valence-corrected chi connectivity index (χ4v) is 4.35.